The van der Waals surface area contributed by atoms with Gasteiger partial charge in [-0.25, -0.2) is 9.18 Å². The van der Waals surface area contributed by atoms with Gasteiger partial charge in [-0.2, -0.15) is 0 Å². The van der Waals surface area contributed by atoms with Crippen LogP contribution in [0, 0.1) is 0 Å². The summed E-state index contributed by atoms with van der Waals surface area (Å²) in [6.07, 6.45) is 0.258. The molecule has 0 bridgehead atoms. The van der Waals surface area contributed by atoms with Crippen LogP contribution in [-0.4, -0.2) is 53.6 Å². The van der Waals surface area contributed by atoms with Crippen molar-refractivity contribution < 1.29 is 18.7 Å². The minimum Gasteiger partial charge on any atom is -0.445 e. The molecule has 22 heavy (non-hydrogen) atoms. The lowest BCUT2D eigenvalue weighted by Gasteiger charge is -2.34. The summed E-state index contributed by atoms with van der Waals surface area (Å²) in [5, 5.41) is 0. The van der Waals surface area contributed by atoms with Gasteiger partial charge in [0.15, 0.2) is 5.67 Å². The molecule has 1 aliphatic carbocycles. The maximum absolute atomic E-state index is 13.7. The van der Waals surface area contributed by atoms with Crippen molar-refractivity contribution in [2.75, 3.05) is 26.2 Å². The Kier molecular flexibility index (Phi) is 4.00. The van der Waals surface area contributed by atoms with E-state index in [0.29, 0.717) is 39.0 Å². The standard InChI is InChI=1S/C16H19FN2O3/c17-16(6-7-16)14(20)18-8-10-19(11-9-18)15(21)22-12-13-4-2-1-3-5-13/h1-5H,6-12H2. The Morgan fingerprint density at radius 2 is 1.64 bits per heavy atom. The predicted octanol–water partition coefficient (Wildman–Crippen LogP) is 1.97. The number of piperazine rings is 1. The molecule has 2 aliphatic rings. The molecule has 5 nitrogen and oxygen atoms in total. The van der Waals surface area contributed by atoms with Gasteiger partial charge in [0.05, 0.1) is 0 Å². The first kappa shape index (κ1) is 14.8. The van der Waals surface area contributed by atoms with Crippen molar-refractivity contribution in [2.24, 2.45) is 0 Å². The van der Waals surface area contributed by atoms with E-state index in [4.69, 9.17) is 4.74 Å². The number of hydrogen-bond acceptors (Lipinski definition) is 3. The van der Waals surface area contributed by atoms with E-state index in [9.17, 15) is 14.0 Å². The number of halogens is 1. The average molecular weight is 306 g/mol. The Balaban J connectivity index is 1.45. The molecule has 2 amide bonds. The molecular formula is C16H19FN2O3. The zero-order valence-corrected chi connectivity index (χ0v) is 12.3. The van der Waals surface area contributed by atoms with Crippen molar-refractivity contribution in [2.45, 2.75) is 25.1 Å². The molecule has 1 saturated heterocycles. The van der Waals surface area contributed by atoms with E-state index >= 15 is 0 Å². The number of carbonyl (C=O) groups excluding carboxylic acids is 2. The van der Waals surface area contributed by atoms with Crippen LogP contribution >= 0.6 is 0 Å². The maximum Gasteiger partial charge on any atom is 0.410 e. The fourth-order valence-corrected chi connectivity index (χ4v) is 2.51. The van der Waals surface area contributed by atoms with Crippen molar-refractivity contribution in [1.82, 2.24) is 9.80 Å². The largest absolute Gasteiger partial charge is 0.445 e. The molecule has 3 rings (SSSR count). The quantitative estimate of drug-likeness (QED) is 0.858. The average Bonchev–Trinajstić information content (AvgIpc) is 3.32. The number of hydrogen-bond donors (Lipinski definition) is 0. The summed E-state index contributed by atoms with van der Waals surface area (Å²) in [5.74, 6) is -0.426. The number of ether oxygens (including phenoxy) is 1. The molecule has 1 saturated carbocycles. The Labute approximate surface area is 128 Å². The molecule has 0 atom stereocenters. The molecule has 0 radical (unpaired) electrons. The van der Waals surface area contributed by atoms with Crippen LogP contribution < -0.4 is 0 Å². The van der Waals surface area contributed by atoms with Gasteiger partial charge in [0.2, 0.25) is 0 Å². The molecule has 0 N–H and O–H groups in total. The first-order valence-electron chi connectivity index (χ1n) is 7.52. The van der Waals surface area contributed by atoms with Gasteiger partial charge in [-0.3, -0.25) is 4.79 Å². The lowest BCUT2D eigenvalue weighted by molar-refractivity contribution is -0.139. The highest BCUT2D eigenvalue weighted by molar-refractivity contribution is 5.88. The summed E-state index contributed by atoms with van der Waals surface area (Å²) in [7, 11) is 0. The minimum atomic E-state index is -1.63. The molecular weight excluding hydrogens is 287 g/mol. The van der Waals surface area contributed by atoms with Crippen molar-refractivity contribution in [3.8, 4) is 0 Å². The third kappa shape index (κ3) is 3.21. The molecule has 1 aromatic carbocycles. The Morgan fingerprint density at radius 1 is 1.05 bits per heavy atom. The Hall–Kier alpha value is -2.11. The second kappa shape index (κ2) is 5.94. The first-order chi connectivity index (χ1) is 10.6. The molecule has 2 fully saturated rings. The van der Waals surface area contributed by atoms with Gasteiger partial charge in [-0.15, -0.1) is 0 Å². The summed E-state index contributed by atoms with van der Waals surface area (Å²) < 4.78 is 19.0. The second-order valence-electron chi connectivity index (χ2n) is 5.78. The fourth-order valence-electron chi connectivity index (χ4n) is 2.51. The van der Waals surface area contributed by atoms with Gasteiger partial charge in [0.25, 0.3) is 5.91 Å². The maximum atomic E-state index is 13.7. The normalized spacial score (nSPS) is 19.7. The van der Waals surface area contributed by atoms with E-state index in [1.54, 1.807) is 4.90 Å². The van der Waals surface area contributed by atoms with Crippen LogP contribution in [0.15, 0.2) is 30.3 Å². The number of rotatable bonds is 3. The number of nitrogens with zero attached hydrogens (tertiary/aromatic N) is 2. The topological polar surface area (TPSA) is 49.9 Å². The van der Waals surface area contributed by atoms with Crippen LogP contribution in [0.5, 0.6) is 0 Å². The summed E-state index contributed by atoms with van der Waals surface area (Å²) >= 11 is 0. The van der Waals surface area contributed by atoms with Crippen LogP contribution in [-0.2, 0) is 16.1 Å². The van der Waals surface area contributed by atoms with E-state index in [2.05, 4.69) is 0 Å². The number of benzene rings is 1. The highest BCUT2D eigenvalue weighted by atomic mass is 19.1. The van der Waals surface area contributed by atoms with Crippen molar-refractivity contribution in [3.63, 3.8) is 0 Å². The minimum absolute atomic E-state index is 0.229. The molecule has 0 unspecified atom stereocenters. The third-order valence-electron chi connectivity index (χ3n) is 4.10. The third-order valence-corrected chi connectivity index (χ3v) is 4.10. The van der Waals surface area contributed by atoms with Gasteiger partial charge in [0, 0.05) is 26.2 Å². The molecule has 1 heterocycles. The van der Waals surface area contributed by atoms with Crippen molar-refractivity contribution in [3.05, 3.63) is 35.9 Å². The highest BCUT2D eigenvalue weighted by Gasteiger charge is 2.53. The summed E-state index contributed by atoms with van der Waals surface area (Å²) in [6, 6.07) is 9.45. The van der Waals surface area contributed by atoms with Crippen molar-refractivity contribution >= 4 is 12.0 Å². The fraction of sp³-hybridized carbons (Fsp3) is 0.500. The zero-order valence-electron chi connectivity index (χ0n) is 12.3. The molecule has 0 aromatic heterocycles. The lowest BCUT2D eigenvalue weighted by Crippen LogP contribution is -2.52. The highest BCUT2D eigenvalue weighted by Crippen LogP contribution is 2.41. The summed E-state index contributed by atoms with van der Waals surface area (Å²) in [4.78, 5) is 26.9. The van der Waals surface area contributed by atoms with Gasteiger partial charge < -0.3 is 14.5 Å². The van der Waals surface area contributed by atoms with E-state index in [1.165, 1.54) is 4.90 Å². The monoisotopic (exact) mass is 306 g/mol. The van der Waals surface area contributed by atoms with Crippen LogP contribution in [0.4, 0.5) is 9.18 Å². The second-order valence-corrected chi connectivity index (χ2v) is 5.78. The van der Waals surface area contributed by atoms with E-state index in [-0.39, 0.29) is 6.61 Å². The number of amides is 2. The Bertz CT molecular complexity index is 552. The number of carbonyl (C=O) groups is 2. The smallest absolute Gasteiger partial charge is 0.410 e. The van der Waals surface area contributed by atoms with E-state index < -0.39 is 17.7 Å². The van der Waals surface area contributed by atoms with E-state index in [1.807, 2.05) is 30.3 Å². The van der Waals surface area contributed by atoms with Crippen LogP contribution in [0.2, 0.25) is 0 Å². The lowest BCUT2D eigenvalue weighted by atomic mass is 10.2. The number of alkyl halides is 1. The van der Waals surface area contributed by atoms with Crippen LogP contribution in [0.25, 0.3) is 0 Å². The summed E-state index contributed by atoms with van der Waals surface area (Å²) in [6.45, 7) is 1.73. The van der Waals surface area contributed by atoms with Gasteiger partial charge in [-0.05, 0) is 18.4 Å². The Morgan fingerprint density at radius 3 is 2.23 bits per heavy atom. The van der Waals surface area contributed by atoms with Gasteiger partial charge >= 0.3 is 6.09 Å². The molecule has 1 aromatic rings. The van der Waals surface area contributed by atoms with Crippen LogP contribution in [0.3, 0.4) is 0 Å². The van der Waals surface area contributed by atoms with Gasteiger partial charge in [0.1, 0.15) is 6.61 Å². The van der Waals surface area contributed by atoms with Crippen molar-refractivity contribution in [1.29, 1.82) is 0 Å². The molecule has 6 heteroatoms. The zero-order chi connectivity index (χ0) is 15.6. The van der Waals surface area contributed by atoms with Gasteiger partial charge in [-0.1, -0.05) is 30.3 Å². The SMILES string of the molecule is O=C(OCc1ccccc1)N1CCN(C(=O)C2(F)CC2)CC1. The van der Waals surface area contributed by atoms with Crippen LogP contribution in [0.1, 0.15) is 18.4 Å². The summed E-state index contributed by atoms with van der Waals surface area (Å²) in [5.41, 5.74) is -0.700. The molecule has 0 spiro atoms. The van der Waals surface area contributed by atoms with E-state index in [0.717, 1.165) is 5.56 Å². The predicted molar refractivity (Wildman–Crippen MR) is 77.9 cm³/mol. The molecule has 118 valence electrons. The molecule has 1 aliphatic heterocycles. The first-order valence-corrected chi connectivity index (χ1v) is 7.52.